The van der Waals surface area contributed by atoms with Gasteiger partial charge >= 0.3 is 5.69 Å². The first-order valence-electron chi connectivity index (χ1n) is 12.4. The van der Waals surface area contributed by atoms with Crippen molar-refractivity contribution in [1.82, 2.24) is 19.8 Å². The van der Waals surface area contributed by atoms with Crippen molar-refractivity contribution in [3.05, 3.63) is 34.2 Å². The number of hydrogen-bond donors (Lipinski definition) is 2. The van der Waals surface area contributed by atoms with Crippen molar-refractivity contribution in [1.29, 1.82) is 0 Å². The lowest BCUT2D eigenvalue weighted by molar-refractivity contribution is -0.135. The molecule has 0 saturated carbocycles. The maximum atomic E-state index is 12.8. The first-order valence-corrected chi connectivity index (χ1v) is 12.4. The fourth-order valence-electron chi connectivity index (χ4n) is 4.91. The monoisotopic (exact) mass is 472 g/mol. The molecule has 0 bridgehead atoms. The molecule has 2 amide bonds. The number of fused-ring (bicyclic) bond motifs is 1. The Labute approximate surface area is 199 Å². The van der Waals surface area contributed by atoms with Gasteiger partial charge in [-0.3, -0.25) is 24.0 Å². The highest BCUT2D eigenvalue weighted by Gasteiger charge is 2.31. The van der Waals surface area contributed by atoms with Crippen molar-refractivity contribution in [2.45, 2.75) is 51.0 Å². The molecule has 1 aromatic heterocycles. The maximum absolute atomic E-state index is 12.8. The van der Waals surface area contributed by atoms with E-state index in [-0.39, 0.29) is 18.0 Å². The molecule has 0 spiro atoms. The van der Waals surface area contributed by atoms with E-state index in [4.69, 9.17) is 9.47 Å². The molecular weight excluding hydrogens is 436 g/mol. The van der Waals surface area contributed by atoms with E-state index in [1.165, 1.54) is 17.4 Å². The van der Waals surface area contributed by atoms with Crippen LogP contribution in [0.25, 0.3) is 11.0 Å². The average Bonchev–Trinajstić information content (AvgIpc) is 3.08. The van der Waals surface area contributed by atoms with E-state index in [0.717, 1.165) is 56.0 Å². The van der Waals surface area contributed by atoms with Gasteiger partial charge in [0.1, 0.15) is 6.04 Å². The number of hydrogen-bond acceptors (Lipinski definition) is 6. The van der Waals surface area contributed by atoms with Gasteiger partial charge in [0.05, 0.1) is 24.2 Å². The molecule has 2 fully saturated rings. The van der Waals surface area contributed by atoms with Crippen LogP contribution in [0.2, 0.25) is 0 Å². The average molecular weight is 473 g/mol. The standard InChI is InChI=1S/C25H36N4O5/c1-28-22-17-19(3-2-13-33-15-16-34-14-10-18-8-11-26-12-9-18)4-5-20(22)29(25(28)32)21-6-7-23(30)27-24(21)31/h4-5,17-18,21,26H,2-3,6-16H2,1H3,(H,27,30,31). The number of ether oxygens (including phenoxy) is 2. The van der Waals surface area contributed by atoms with Crippen LogP contribution in [0, 0.1) is 5.92 Å². The Hall–Kier alpha value is -2.49. The van der Waals surface area contributed by atoms with Crippen LogP contribution >= 0.6 is 0 Å². The zero-order chi connectivity index (χ0) is 23.9. The summed E-state index contributed by atoms with van der Waals surface area (Å²) in [5.74, 6) is 0.0880. The summed E-state index contributed by atoms with van der Waals surface area (Å²) in [5.41, 5.74) is 2.37. The maximum Gasteiger partial charge on any atom is 0.329 e. The van der Waals surface area contributed by atoms with E-state index in [1.54, 1.807) is 11.6 Å². The van der Waals surface area contributed by atoms with Gasteiger partial charge in [-0.2, -0.15) is 0 Å². The van der Waals surface area contributed by atoms with Crippen LogP contribution in [0.4, 0.5) is 0 Å². The van der Waals surface area contributed by atoms with Crippen LogP contribution in [0.15, 0.2) is 23.0 Å². The van der Waals surface area contributed by atoms with E-state index < -0.39 is 11.9 Å². The highest BCUT2D eigenvalue weighted by atomic mass is 16.5. The number of imide groups is 1. The molecule has 9 nitrogen and oxygen atoms in total. The molecule has 1 unspecified atom stereocenters. The minimum Gasteiger partial charge on any atom is -0.379 e. The fraction of sp³-hybridized carbons (Fsp3) is 0.640. The second-order valence-corrected chi connectivity index (χ2v) is 9.31. The summed E-state index contributed by atoms with van der Waals surface area (Å²) in [5, 5.41) is 5.73. The third-order valence-corrected chi connectivity index (χ3v) is 6.93. The Bertz CT molecular complexity index is 1050. The molecule has 0 radical (unpaired) electrons. The number of aromatic nitrogens is 2. The number of nitrogens with zero attached hydrogens (tertiary/aromatic N) is 2. The van der Waals surface area contributed by atoms with Crippen LogP contribution in [0.3, 0.4) is 0 Å². The summed E-state index contributed by atoms with van der Waals surface area (Å²) in [6.07, 6.45) is 5.93. The van der Waals surface area contributed by atoms with Gasteiger partial charge in [0.25, 0.3) is 0 Å². The Morgan fingerprint density at radius 2 is 1.74 bits per heavy atom. The van der Waals surface area contributed by atoms with Gasteiger partial charge in [0.15, 0.2) is 0 Å². The first-order chi connectivity index (χ1) is 16.5. The van der Waals surface area contributed by atoms with Gasteiger partial charge in [-0.25, -0.2) is 4.79 Å². The SMILES string of the molecule is Cn1c(=O)n(C2CCC(=O)NC2=O)c2ccc(CCCOCCOCCC3CCNCC3)cc21. The van der Waals surface area contributed by atoms with Crippen molar-refractivity contribution < 1.29 is 19.1 Å². The molecule has 34 heavy (non-hydrogen) atoms. The third kappa shape index (κ3) is 5.95. The van der Waals surface area contributed by atoms with Crippen molar-refractivity contribution in [2.75, 3.05) is 39.5 Å². The lowest BCUT2D eigenvalue weighted by Gasteiger charge is -2.22. The van der Waals surface area contributed by atoms with Gasteiger partial charge < -0.3 is 14.8 Å². The number of piperidine rings is 2. The Morgan fingerprint density at radius 1 is 0.971 bits per heavy atom. The molecular formula is C25H36N4O5. The molecule has 0 aliphatic carbocycles. The molecule has 4 rings (SSSR count). The second-order valence-electron chi connectivity index (χ2n) is 9.31. The number of nitrogens with one attached hydrogen (secondary N) is 2. The summed E-state index contributed by atoms with van der Waals surface area (Å²) in [7, 11) is 1.71. The lowest BCUT2D eigenvalue weighted by Crippen LogP contribution is -2.44. The normalized spacial score (nSPS) is 19.6. The van der Waals surface area contributed by atoms with Crippen LogP contribution in [-0.4, -0.2) is 60.5 Å². The second kappa shape index (κ2) is 11.8. The molecule has 2 aromatic rings. The van der Waals surface area contributed by atoms with E-state index in [2.05, 4.69) is 10.6 Å². The number of imidazole rings is 1. The molecule has 2 saturated heterocycles. The number of carbonyl (C=O) groups excluding carboxylic acids is 2. The van der Waals surface area contributed by atoms with E-state index in [0.29, 0.717) is 31.8 Å². The highest BCUT2D eigenvalue weighted by molar-refractivity contribution is 6.00. The van der Waals surface area contributed by atoms with Crippen LogP contribution in [0.1, 0.15) is 50.1 Å². The van der Waals surface area contributed by atoms with Crippen molar-refractivity contribution >= 4 is 22.8 Å². The zero-order valence-electron chi connectivity index (χ0n) is 20.0. The van der Waals surface area contributed by atoms with E-state index in [1.807, 2.05) is 18.2 Å². The minimum atomic E-state index is -0.657. The van der Waals surface area contributed by atoms with Gasteiger partial charge in [-0.1, -0.05) is 6.07 Å². The quantitative estimate of drug-likeness (QED) is 0.381. The predicted octanol–water partition coefficient (Wildman–Crippen LogP) is 1.67. The zero-order valence-corrected chi connectivity index (χ0v) is 20.0. The molecule has 186 valence electrons. The number of carbonyl (C=O) groups is 2. The van der Waals surface area contributed by atoms with Gasteiger partial charge in [-0.05, 0) is 75.2 Å². The van der Waals surface area contributed by atoms with Crippen LogP contribution in [-0.2, 0) is 32.5 Å². The molecule has 9 heteroatoms. The highest BCUT2D eigenvalue weighted by Crippen LogP contribution is 2.24. The number of aryl methyl sites for hydroxylation is 2. The van der Waals surface area contributed by atoms with Crippen LogP contribution in [0.5, 0.6) is 0 Å². The third-order valence-electron chi connectivity index (χ3n) is 6.93. The number of amides is 2. The van der Waals surface area contributed by atoms with Crippen molar-refractivity contribution in [3.8, 4) is 0 Å². The molecule has 1 atom stereocenters. The van der Waals surface area contributed by atoms with Crippen molar-refractivity contribution in [2.24, 2.45) is 13.0 Å². The Balaban J connectivity index is 1.21. The van der Waals surface area contributed by atoms with E-state index in [9.17, 15) is 14.4 Å². The van der Waals surface area contributed by atoms with Gasteiger partial charge in [0, 0.05) is 26.7 Å². The summed E-state index contributed by atoms with van der Waals surface area (Å²) in [6.45, 7) is 4.96. The molecule has 3 heterocycles. The van der Waals surface area contributed by atoms with E-state index >= 15 is 0 Å². The molecule has 2 N–H and O–H groups in total. The van der Waals surface area contributed by atoms with Crippen LogP contribution < -0.4 is 16.3 Å². The minimum absolute atomic E-state index is 0.237. The molecule has 2 aliphatic heterocycles. The summed E-state index contributed by atoms with van der Waals surface area (Å²) < 4.78 is 14.5. The van der Waals surface area contributed by atoms with Gasteiger partial charge in [-0.15, -0.1) is 0 Å². The topological polar surface area (TPSA) is 104 Å². The molecule has 2 aliphatic rings. The summed E-state index contributed by atoms with van der Waals surface area (Å²) in [6, 6.07) is 5.24. The fourth-order valence-corrected chi connectivity index (χ4v) is 4.91. The number of rotatable bonds is 11. The summed E-state index contributed by atoms with van der Waals surface area (Å²) >= 11 is 0. The lowest BCUT2D eigenvalue weighted by atomic mass is 9.95. The number of benzene rings is 1. The molecule has 1 aromatic carbocycles. The summed E-state index contributed by atoms with van der Waals surface area (Å²) in [4.78, 5) is 36.6. The first kappa shape index (κ1) is 24.6. The largest absolute Gasteiger partial charge is 0.379 e. The smallest absolute Gasteiger partial charge is 0.329 e. The Kier molecular flexibility index (Phi) is 8.53. The predicted molar refractivity (Wildman–Crippen MR) is 129 cm³/mol. The van der Waals surface area contributed by atoms with Gasteiger partial charge in [0.2, 0.25) is 11.8 Å². The van der Waals surface area contributed by atoms with Crippen molar-refractivity contribution in [3.63, 3.8) is 0 Å². The Morgan fingerprint density at radius 3 is 2.50 bits per heavy atom.